The number of hydrogen-bond donors (Lipinski definition) is 1. The largest absolute Gasteiger partial charge is 0.313 e. The molecule has 1 aromatic carbocycles. The molecule has 0 aromatic heterocycles. The maximum atomic E-state index is 3.75. The summed E-state index contributed by atoms with van der Waals surface area (Å²) in [5.41, 5.74) is 1.36. The van der Waals surface area contributed by atoms with E-state index in [9.17, 15) is 0 Å². The van der Waals surface area contributed by atoms with Crippen molar-refractivity contribution in [2.24, 2.45) is 0 Å². The average Bonchev–Trinajstić information content (AvgIpc) is 2.35. The van der Waals surface area contributed by atoms with Crippen LogP contribution < -0.4 is 5.32 Å². The fourth-order valence-electron chi connectivity index (χ4n) is 2.03. The normalized spacial score (nSPS) is 12.4. The Balaban J connectivity index is 2.43. The molecule has 0 aliphatic carbocycles. The van der Waals surface area contributed by atoms with Crippen molar-refractivity contribution in [1.29, 1.82) is 0 Å². The van der Waals surface area contributed by atoms with Gasteiger partial charge in [0.05, 0.1) is 0 Å². The lowest BCUT2D eigenvalue weighted by atomic mass is 10.0. The van der Waals surface area contributed by atoms with E-state index in [-0.39, 0.29) is 0 Å². The standard InChI is InChI=1S/C15H22BrN/c1-3-4-5-6-7-12-15(17-2)13-10-8-9-11-14(13)16/h3,8-11,15,17H,1,4-7,12H2,2H3. The number of allylic oxidation sites excluding steroid dienone is 1. The van der Waals surface area contributed by atoms with Crippen molar-refractivity contribution in [2.45, 2.75) is 38.1 Å². The summed E-state index contributed by atoms with van der Waals surface area (Å²) < 4.78 is 1.20. The Morgan fingerprint density at radius 2 is 2.06 bits per heavy atom. The minimum absolute atomic E-state index is 0.453. The van der Waals surface area contributed by atoms with Crippen LogP contribution in [0.4, 0.5) is 0 Å². The van der Waals surface area contributed by atoms with E-state index in [0.717, 1.165) is 6.42 Å². The minimum Gasteiger partial charge on any atom is -0.313 e. The Bertz CT molecular complexity index is 335. The first-order chi connectivity index (χ1) is 8.29. The van der Waals surface area contributed by atoms with Crippen molar-refractivity contribution >= 4 is 15.9 Å². The average molecular weight is 296 g/mol. The highest BCUT2D eigenvalue weighted by atomic mass is 79.9. The SMILES string of the molecule is C=CCCCCCC(NC)c1ccccc1Br. The van der Waals surface area contributed by atoms with E-state index in [2.05, 4.69) is 52.1 Å². The van der Waals surface area contributed by atoms with Crippen LogP contribution in [0.3, 0.4) is 0 Å². The van der Waals surface area contributed by atoms with E-state index < -0.39 is 0 Å². The molecular formula is C15H22BrN. The Kier molecular flexibility index (Phi) is 7.22. The maximum absolute atomic E-state index is 3.75. The quantitative estimate of drug-likeness (QED) is 0.534. The first-order valence-electron chi connectivity index (χ1n) is 6.32. The molecule has 0 aliphatic rings. The number of benzene rings is 1. The van der Waals surface area contributed by atoms with E-state index >= 15 is 0 Å². The molecule has 0 fully saturated rings. The molecule has 0 saturated heterocycles. The van der Waals surface area contributed by atoms with Crippen LogP contribution in [-0.2, 0) is 0 Å². The van der Waals surface area contributed by atoms with Gasteiger partial charge in [-0.2, -0.15) is 0 Å². The zero-order valence-corrected chi connectivity index (χ0v) is 12.2. The minimum atomic E-state index is 0.453. The fraction of sp³-hybridized carbons (Fsp3) is 0.467. The van der Waals surface area contributed by atoms with Crippen molar-refractivity contribution in [3.63, 3.8) is 0 Å². The van der Waals surface area contributed by atoms with E-state index in [1.165, 1.54) is 35.7 Å². The third-order valence-corrected chi connectivity index (χ3v) is 3.75. The molecule has 0 spiro atoms. The Morgan fingerprint density at radius 3 is 2.71 bits per heavy atom. The molecule has 0 amide bonds. The van der Waals surface area contributed by atoms with Gasteiger partial charge in [0.25, 0.3) is 0 Å². The Hall–Kier alpha value is -0.600. The van der Waals surface area contributed by atoms with Gasteiger partial charge >= 0.3 is 0 Å². The Morgan fingerprint density at radius 1 is 1.29 bits per heavy atom. The Labute approximate surface area is 113 Å². The van der Waals surface area contributed by atoms with Crippen LogP contribution in [0.2, 0.25) is 0 Å². The van der Waals surface area contributed by atoms with E-state index in [1.54, 1.807) is 0 Å². The second-order valence-corrected chi connectivity index (χ2v) is 5.14. The van der Waals surface area contributed by atoms with Crippen molar-refractivity contribution in [1.82, 2.24) is 5.32 Å². The summed E-state index contributed by atoms with van der Waals surface area (Å²) in [6.45, 7) is 3.75. The maximum Gasteiger partial charge on any atom is 0.0328 e. The van der Waals surface area contributed by atoms with Crippen LogP contribution in [0.15, 0.2) is 41.4 Å². The van der Waals surface area contributed by atoms with Crippen molar-refractivity contribution in [2.75, 3.05) is 7.05 Å². The smallest absolute Gasteiger partial charge is 0.0328 e. The highest BCUT2D eigenvalue weighted by molar-refractivity contribution is 9.10. The third kappa shape index (κ3) is 5.05. The van der Waals surface area contributed by atoms with Gasteiger partial charge in [0.2, 0.25) is 0 Å². The van der Waals surface area contributed by atoms with Gasteiger partial charge in [0.15, 0.2) is 0 Å². The summed E-state index contributed by atoms with van der Waals surface area (Å²) in [5, 5.41) is 3.40. The topological polar surface area (TPSA) is 12.0 Å². The van der Waals surface area contributed by atoms with E-state index in [4.69, 9.17) is 0 Å². The predicted octanol–water partition coefficient (Wildman–Crippen LogP) is 4.85. The third-order valence-electron chi connectivity index (χ3n) is 3.03. The van der Waals surface area contributed by atoms with Gasteiger partial charge in [-0.1, -0.05) is 53.0 Å². The van der Waals surface area contributed by atoms with Crippen molar-refractivity contribution in [3.05, 3.63) is 47.0 Å². The van der Waals surface area contributed by atoms with Gasteiger partial charge in [-0.25, -0.2) is 0 Å². The molecule has 0 heterocycles. The zero-order valence-electron chi connectivity index (χ0n) is 10.6. The molecule has 1 unspecified atom stereocenters. The lowest BCUT2D eigenvalue weighted by Crippen LogP contribution is -2.16. The fourth-order valence-corrected chi connectivity index (χ4v) is 2.59. The van der Waals surface area contributed by atoms with Crippen molar-refractivity contribution in [3.8, 4) is 0 Å². The van der Waals surface area contributed by atoms with E-state index in [0.29, 0.717) is 6.04 Å². The first-order valence-corrected chi connectivity index (χ1v) is 7.11. The molecule has 1 aromatic rings. The molecular weight excluding hydrogens is 274 g/mol. The summed E-state index contributed by atoms with van der Waals surface area (Å²) in [5.74, 6) is 0. The second kappa shape index (κ2) is 8.48. The van der Waals surface area contributed by atoms with Crippen LogP contribution in [0.1, 0.15) is 43.7 Å². The molecule has 0 bridgehead atoms. The summed E-state index contributed by atoms with van der Waals surface area (Å²) >= 11 is 3.62. The number of nitrogens with one attached hydrogen (secondary N) is 1. The molecule has 1 rings (SSSR count). The number of hydrogen-bond acceptors (Lipinski definition) is 1. The van der Waals surface area contributed by atoms with Gasteiger partial charge in [-0.15, -0.1) is 6.58 Å². The van der Waals surface area contributed by atoms with E-state index in [1.807, 2.05) is 13.1 Å². The molecule has 0 aliphatic heterocycles. The van der Waals surface area contributed by atoms with Gasteiger partial charge < -0.3 is 5.32 Å². The monoisotopic (exact) mass is 295 g/mol. The van der Waals surface area contributed by atoms with Crippen LogP contribution in [0.25, 0.3) is 0 Å². The number of halogens is 1. The van der Waals surface area contributed by atoms with Gasteiger partial charge in [0, 0.05) is 10.5 Å². The highest BCUT2D eigenvalue weighted by Gasteiger charge is 2.11. The molecule has 1 N–H and O–H groups in total. The van der Waals surface area contributed by atoms with Gasteiger partial charge in [0.1, 0.15) is 0 Å². The van der Waals surface area contributed by atoms with Crippen LogP contribution >= 0.6 is 15.9 Å². The van der Waals surface area contributed by atoms with Crippen molar-refractivity contribution < 1.29 is 0 Å². The summed E-state index contributed by atoms with van der Waals surface area (Å²) in [7, 11) is 2.04. The number of unbranched alkanes of at least 4 members (excludes halogenated alkanes) is 3. The van der Waals surface area contributed by atoms with Crippen LogP contribution in [0, 0.1) is 0 Å². The molecule has 2 heteroatoms. The zero-order chi connectivity index (χ0) is 12.5. The number of rotatable bonds is 8. The summed E-state index contributed by atoms with van der Waals surface area (Å²) in [6.07, 6.45) is 8.14. The lowest BCUT2D eigenvalue weighted by Gasteiger charge is -2.18. The highest BCUT2D eigenvalue weighted by Crippen LogP contribution is 2.26. The summed E-state index contributed by atoms with van der Waals surface area (Å²) in [6, 6.07) is 8.91. The van der Waals surface area contributed by atoms with Crippen LogP contribution in [0.5, 0.6) is 0 Å². The molecule has 94 valence electrons. The van der Waals surface area contributed by atoms with Gasteiger partial charge in [-0.3, -0.25) is 0 Å². The summed E-state index contributed by atoms with van der Waals surface area (Å²) in [4.78, 5) is 0. The second-order valence-electron chi connectivity index (χ2n) is 4.29. The lowest BCUT2D eigenvalue weighted by molar-refractivity contribution is 0.506. The first kappa shape index (κ1) is 14.5. The van der Waals surface area contributed by atoms with Gasteiger partial charge in [-0.05, 0) is 37.9 Å². The molecule has 1 atom stereocenters. The molecule has 0 radical (unpaired) electrons. The van der Waals surface area contributed by atoms with Crippen LogP contribution in [-0.4, -0.2) is 7.05 Å². The predicted molar refractivity (Wildman–Crippen MR) is 79.2 cm³/mol. The molecule has 17 heavy (non-hydrogen) atoms. The molecule has 1 nitrogen and oxygen atoms in total. The molecule has 0 saturated carbocycles.